The average molecular weight is 501 g/mol. The number of hydrogen-bond donors (Lipinski definition) is 1. The van der Waals surface area contributed by atoms with Gasteiger partial charge in [0.15, 0.2) is 0 Å². The van der Waals surface area contributed by atoms with Crippen LogP contribution in [0.2, 0.25) is 0 Å². The Labute approximate surface area is 195 Å². The molecule has 0 radical (unpaired) electrons. The first-order valence-electron chi connectivity index (χ1n) is 10.4. The van der Waals surface area contributed by atoms with E-state index in [2.05, 4.69) is 21.2 Å². The van der Waals surface area contributed by atoms with Crippen molar-refractivity contribution in [2.75, 3.05) is 19.7 Å². The van der Waals surface area contributed by atoms with Crippen LogP contribution in [0, 0.1) is 0 Å². The summed E-state index contributed by atoms with van der Waals surface area (Å²) in [7, 11) is 0. The van der Waals surface area contributed by atoms with Crippen molar-refractivity contribution in [2.24, 2.45) is 0 Å². The minimum atomic E-state index is -0.776. The van der Waals surface area contributed by atoms with E-state index in [1.807, 2.05) is 24.3 Å². The van der Waals surface area contributed by atoms with Gasteiger partial charge in [-0.1, -0.05) is 34.1 Å². The molecule has 32 heavy (non-hydrogen) atoms. The third-order valence-corrected chi connectivity index (χ3v) is 5.73. The molecule has 0 aliphatic carbocycles. The van der Waals surface area contributed by atoms with Crippen LogP contribution in [-0.2, 0) is 9.53 Å². The number of carbonyl (C=O) groups excluding carboxylic acids is 3. The number of hydrogen-bond acceptors (Lipinski definition) is 5. The van der Waals surface area contributed by atoms with Gasteiger partial charge in [-0.05, 0) is 61.7 Å². The lowest BCUT2D eigenvalue weighted by Gasteiger charge is -2.32. The van der Waals surface area contributed by atoms with Gasteiger partial charge in [0.1, 0.15) is 5.75 Å². The topological polar surface area (TPSA) is 84.9 Å². The van der Waals surface area contributed by atoms with Crippen molar-refractivity contribution in [1.29, 1.82) is 0 Å². The molecule has 0 spiro atoms. The van der Waals surface area contributed by atoms with Crippen molar-refractivity contribution in [3.63, 3.8) is 0 Å². The fourth-order valence-corrected chi connectivity index (χ4v) is 3.76. The molecule has 1 aliphatic rings. The molecule has 1 heterocycles. The van der Waals surface area contributed by atoms with Crippen LogP contribution in [0.5, 0.6) is 5.75 Å². The van der Waals surface area contributed by atoms with Crippen molar-refractivity contribution in [3.05, 3.63) is 70.2 Å². The minimum absolute atomic E-state index is 0.0239. The molecular formula is C24H25BrN2O5. The Bertz CT molecular complexity index is 982. The molecule has 3 rings (SSSR count). The van der Waals surface area contributed by atoms with Crippen molar-refractivity contribution in [3.8, 4) is 5.75 Å². The van der Waals surface area contributed by atoms with Gasteiger partial charge < -0.3 is 19.7 Å². The summed E-state index contributed by atoms with van der Waals surface area (Å²) in [5, 5.41) is 3.00. The molecule has 0 aromatic heterocycles. The van der Waals surface area contributed by atoms with Gasteiger partial charge in [0.05, 0.1) is 6.61 Å². The molecule has 1 aliphatic heterocycles. The van der Waals surface area contributed by atoms with Gasteiger partial charge in [0.2, 0.25) is 5.91 Å². The lowest BCUT2D eigenvalue weighted by Crippen LogP contribution is -2.46. The molecule has 0 saturated carbocycles. The molecule has 1 fully saturated rings. The number of rotatable bonds is 6. The summed E-state index contributed by atoms with van der Waals surface area (Å²) in [6.07, 6.45) is 3.89. The van der Waals surface area contributed by atoms with Gasteiger partial charge in [0, 0.05) is 35.2 Å². The molecule has 1 saturated heterocycles. The average Bonchev–Trinajstić information content (AvgIpc) is 2.79. The maximum atomic E-state index is 12.7. The van der Waals surface area contributed by atoms with Gasteiger partial charge in [-0.3, -0.25) is 9.59 Å². The molecule has 2 aromatic rings. The third kappa shape index (κ3) is 6.68. The molecule has 2 aromatic carbocycles. The van der Waals surface area contributed by atoms with Gasteiger partial charge in [0.25, 0.3) is 5.91 Å². The molecule has 7 nitrogen and oxygen atoms in total. The number of ether oxygens (including phenoxy) is 2. The van der Waals surface area contributed by atoms with E-state index in [-0.39, 0.29) is 24.5 Å². The Balaban J connectivity index is 1.46. The van der Waals surface area contributed by atoms with E-state index in [4.69, 9.17) is 9.47 Å². The lowest BCUT2D eigenvalue weighted by atomic mass is 10.0. The standard InChI is InChI=1S/C24H25BrN2O5/c1-2-31-24(30)32-20-10-7-18(8-11-20)23(29)27-15-13-19(14-16-27)26-22(28)12-9-17-5-3-4-6-21(17)25/h3-12,19H,2,13-16H2,1H3,(H,26,28)/b12-9+. The minimum Gasteiger partial charge on any atom is -0.434 e. The summed E-state index contributed by atoms with van der Waals surface area (Å²) < 4.78 is 10.7. The van der Waals surface area contributed by atoms with Crippen LogP contribution in [0.4, 0.5) is 4.79 Å². The largest absolute Gasteiger partial charge is 0.513 e. The zero-order chi connectivity index (χ0) is 22.9. The number of amides is 2. The van der Waals surface area contributed by atoms with Crippen molar-refractivity contribution in [2.45, 2.75) is 25.8 Å². The van der Waals surface area contributed by atoms with Gasteiger partial charge >= 0.3 is 6.16 Å². The first-order valence-corrected chi connectivity index (χ1v) is 11.2. The monoisotopic (exact) mass is 500 g/mol. The highest BCUT2D eigenvalue weighted by Gasteiger charge is 2.24. The molecule has 8 heteroatoms. The number of halogens is 1. The molecular weight excluding hydrogens is 476 g/mol. The zero-order valence-electron chi connectivity index (χ0n) is 17.8. The first-order chi connectivity index (χ1) is 15.5. The SMILES string of the molecule is CCOC(=O)Oc1ccc(C(=O)N2CCC(NC(=O)/C=C/c3ccccc3Br)CC2)cc1. The Hall–Kier alpha value is -3.13. The predicted octanol–water partition coefficient (Wildman–Crippen LogP) is 4.42. The van der Waals surface area contributed by atoms with Gasteiger partial charge in [-0.15, -0.1) is 0 Å². The predicted molar refractivity (Wildman–Crippen MR) is 124 cm³/mol. The van der Waals surface area contributed by atoms with Crippen LogP contribution in [0.15, 0.2) is 59.1 Å². The van der Waals surface area contributed by atoms with E-state index < -0.39 is 6.16 Å². The summed E-state index contributed by atoms with van der Waals surface area (Å²) >= 11 is 3.46. The molecule has 1 N–H and O–H groups in total. The molecule has 0 bridgehead atoms. The van der Waals surface area contributed by atoms with Crippen molar-refractivity contribution < 1.29 is 23.9 Å². The first kappa shape index (κ1) is 23.5. The fraction of sp³-hybridized carbons (Fsp3) is 0.292. The van der Waals surface area contributed by atoms with E-state index in [0.29, 0.717) is 37.2 Å². The molecule has 168 valence electrons. The summed E-state index contributed by atoms with van der Waals surface area (Å²) in [4.78, 5) is 38.1. The van der Waals surface area contributed by atoms with Crippen molar-refractivity contribution >= 4 is 40.0 Å². The summed E-state index contributed by atoms with van der Waals surface area (Å²) in [6, 6.07) is 14.1. The van der Waals surface area contributed by atoms with Crippen LogP contribution in [0.1, 0.15) is 35.7 Å². The number of carbonyl (C=O) groups is 3. The quantitative estimate of drug-likeness (QED) is 0.360. The van der Waals surface area contributed by atoms with Crippen LogP contribution in [0.25, 0.3) is 6.08 Å². The summed E-state index contributed by atoms with van der Waals surface area (Å²) in [6.45, 7) is 3.03. The number of nitrogens with one attached hydrogen (secondary N) is 1. The van der Waals surface area contributed by atoms with Crippen LogP contribution in [-0.4, -0.2) is 48.6 Å². The Morgan fingerprint density at radius 1 is 1.09 bits per heavy atom. The highest BCUT2D eigenvalue weighted by Crippen LogP contribution is 2.19. The Morgan fingerprint density at radius 2 is 1.78 bits per heavy atom. The maximum Gasteiger partial charge on any atom is 0.513 e. The number of piperidine rings is 1. The second-order valence-corrected chi connectivity index (χ2v) is 8.09. The number of nitrogens with zero attached hydrogens (tertiary/aromatic N) is 1. The van der Waals surface area contributed by atoms with E-state index in [9.17, 15) is 14.4 Å². The fourth-order valence-electron chi connectivity index (χ4n) is 3.34. The maximum absolute atomic E-state index is 12.7. The second-order valence-electron chi connectivity index (χ2n) is 7.24. The molecule has 0 unspecified atom stereocenters. The van der Waals surface area contributed by atoms with Crippen LogP contribution >= 0.6 is 15.9 Å². The highest BCUT2D eigenvalue weighted by molar-refractivity contribution is 9.10. The third-order valence-electron chi connectivity index (χ3n) is 5.01. The summed E-state index contributed by atoms with van der Waals surface area (Å²) in [5.41, 5.74) is 1.45. The van der Waals surface area contributed by atoms with Crippen molar-refractivity contribution in [1.82, 2.24) is 10.2 Å². The smallest absolute Gasteiger partial charge is 0.434 e. The van der Waals surface area contributed by atoms with Gasteiger partial charge in [-0.25, -0.2) is 4.79 Å². The van der Waals surface area contributed by atoms with E-state index in [1.165, 1.54) is 6.08 Å². The van der Waals surface area contributed by atoms with E-state index in [1.54, 1.807) is 42.2 Å². The van der Waals surface area contributed by atoms with Crippen LogP contribution in [0.3, 0.4) is 0 Å². The normalized spacial score (nSPS) is 14.2. The number of likely N-dealkylation sites (tertiary alicyclic amines) is 1. The Kier molecular flexibility index (Phi) is 8.44. The highest BCUT2D eigenvalue weighted by atomic mass is 79.9. The second kappa shape index (κ2) is 11.5. The zero-order valence-corrected chi connectivity index (χ0v) is 19.3. The van der Waals surface area contributed by atoms with E-state index >= 15 is 0 Å². The van der Waals surface area contributed by atoms with E-state index in [0.717, 1.165) is 10.0 Å². The summed E-state index contributed by atoms with van der Waals surface area (Å²) in [5.74, 6) is 0.0750. The van der Waals surface area contributed by atoms with Crippen LogP contribution < -0.4 is 10.1 Å². The Morgan fingerprint density at radius 3 is 2.44 bits per heavy atom. The molecule has 2 amide bonds. The van der Waals surface area contributed by atoms with Gasteiger partial charge in [-0.2, -0.15) is 0 Å². The number of benzene rings is 2. The lowest BCUT2D eigenvalue weighted by molar-refractivity contribution is -0.117. The molecule has 0 atom stereocenters.